The molecule has 0 unspecified atom stereocenters. The molecule has 0 saturated heterocycles. The molecular weight excluding hydrogens is 412 g/mol. The molecular formula is C24H28N2O4S. The highest BCUT2D eigenvalue weighted by atomic mass is 32.2. The number of nitrogens with one attached hydrogen (secondary N) is 1. The summed E-state index contributed by atoms with van der Waals surface area (Å²) in [6.45, 7) is 5.91. The molecule has 0 spiro atoms. The van der Waals surface area contributed by atoms with E-state index in [2.05, 4.69) is 5.32 Å². The molecule has 0 radical (unpaired) electrons. The van der Waals surface area contributed by atoms with Crippen LogP contribution in [0.4, 0.5) is 5.69 Å². The van der Waals surface area contributed by atoms with E-state index in [1.165, 1.54) is 0 Å². The van der Waals surface area contributed by atoms with Gasteiger partial charge in [0, 0.05) is 0 Å². The first-order chi connectivity index (χ1) is 14.6. The average Bonchev–Trinajstić information content (AvgIpc) is 2.69. The lowest BCUT2D eigenvalue weighted by molar-refractivity contribution is -0.121. The zero-order valence-electron chi connectivity index (χ0n) is 18.3. The van der Waals surface area contributed by atoms with E-state index in [9.17, 15) is 13.2 Å². The van der Waals surface area contributed by atoms with E-state index < -0.39 is 16.1 Å². The third-order valence-corrected chi connectivity index (χ3v) is 6.18. The van der Waals surface area contributed by atoms with E-state index in [-0.39, 0.29) is 19.1 Å². The number of benzene rings is 3. The van der Waals surface area contributed by atoms with Crippen molar-refractivity contribution < 1.29 is 17.9 Å². The molecule has 3 rings (SSSR count). The Hall–Kier alpha value is -3.06. The van der Waals surface area contributed by atoms with E-state index in [0.717, 1.165) is 32.5 Å². The molecule has 0 heterocycles. The van der Waals surface area contributed by atoms with Crippen LogP contribution in [0.2, 0.25) is 0 Å². The van der Waals surface area contributed by atoms with Crippen LogP contribution in [0.3, 0.4) is 0 Å². The maximum Gasteiger partial charge on any atom is 0.243 e. The van der Waals surface area contributed by atoms with Crippen molar-refractivity contribution in [2.24, 2.45) is 0 Å². The van der Waals surface area contributed by atoms with Crippen LogP contribution in [0.5, 0.6) is 5.75 Å². The highest BCUT2D eigenvalue weighted by molar-refractivity contribution is 7.92. The van der Waals surface area contributed by atoms with Crippen LogP contribution in [-0.4, -0.2) is 39.8 Å². The van der Waals surface area contributed by atoms with Crippen molar-refractivity contribution in [3.63, 3.8) is 0 Å². The van der Waals surface area contributed by atoms with Gasteiger partial charge in [-0.2, -0.15) is 0 Å². The normalized spacial score (nSPS) is 12.4. The Labute approximate surface area is 183 Å². The van der Waals surface area contributed by atoms with Gasteiger partial charge in [0.1, 0.15) is 18.4 Å². The molecule has 31 heavy (non-hydrogen) atoms. The highest BCUT2D eigenvalue weighted by Gasteiger charge is 2.29. The number of nitrogens with zero attached hydrogens (tertiary/aromatic N) is 1. The number of fused-ring (bicyclic) bond motifs is 1. The Morgan fingerprint density at radius 3 is 2.29 bits per heavy atom. The van der Waals surface area contributed by atoms with Crippen molar-refractivity contribution in [1.82, 2.24) is 5.32 Å². The summed E-state index contributed by atoms with van der Waals surface area (Å²) in [4.78, 5) is 12.7. The molecule has 3 aromatic carbocycles. The van der Waals surface area contributed by atoms with Gasteiger partial charge in [-0.1, -0.05) is 36.4 Å². The second-order valence-electron chi connectivity index (χ2n) is 7.73. The Balaban J connectivity index is 1.62. The summed E-state index contributed by atoms with van der Waals surface area (Å²) in [5.41, 5.74) is 2.34. The van der Waals surface area contributed by atoms with Crippen molar-refractivity contribution in [2.75, 3.05) is 23.7 Å². The topological polar surface area (TPSA) is 75.7 Å². The van der Waals surface area contributed by atoms with Gasteiger partial charge < -0.3 is 10.1 Å². The molecule has 0 aliphatic carbocycles. The molecule has 1 atom stereocenters. The van der Waals surface area contributed by atoms with E-state index in [4.69, 9.17) is 4.74 Å². The molecule has 0 saturated carbocycles. The summed E-state index contributed by atoms with van der Waals surface area (Å²) in [5, 5.41) is 4.98. The first-order valence-corrected chi connectivity index (χ1v) is 12.0. The standard InChI is InChI=1S/C24H28N2O4S/c1-17-13-18(2)15-22(14-17)26(31(4,28)29)19(3)24(27)25-11-12-30-23-10-9-20-7-5-6-8-21(20)16-23/h5-10,13-16,19H,11-12H2,1-4H3,(H,25,27)/t19-/m0/s1. The smallest absolute Gasteiger partial charge is 0.243 e. The van der Waals surface area contributed by atoms with Crippen LogP contribution in [0, 0.1) is 13.8 Å². The van der Waals surface area contributed by atoms with E-state index in [1.54, 1.807) is 19.1 Å². The minimum absolute atomic E-state index is 0.264. The molecule has 1 N–H and O–H groups in total. The molecule has 0 fully saturated rings. The molecule has 7 heteroatoms. The Bertz CT molecular complexity index is 1170. The Morgan fingerprint density at radius 2 is 1.65 bits per heavy atom. The molecule has 1 amide bonds. The molecule has 0 aliphatic rings. The van der Waals surface area contributed by atoms with Crippen LogP contribution < -0.4 is 14.4 Å². The number of carbonyl (C=O) groups excluding carboxylic acids is 1. The van der Waals surface area contributed by atoms with Gasteiger partial charge in [0.25, 0.3) is 0 Å². The number of aryl methyl sites for hydroxylation is 2. The SMILES string of the molecule is Cc1cc(C)cc(N([C@@H](C)C(=O)NCCOc2ccc3ccccc3c2)S(C)(=O)=O)c1. The number of carbonyl (C=O) groups is 1. The summed E-state index contributed by atoms with van der Waals surface area (Å²) in [6.07, 6.45) is 1.11. The van der Waals surface area contributed by atoms with Gasteiger partial charge in [0.05, 0.1) is 18.5 Å². The third-order valence-electron chi connectivity index (χ3n) is 4.94. The van der Waals surface area contributed by atoms with Gasteiger partial charge >= 0.3 is 0 Å². The van der Waals surface area contributed by atoms with Crippen molar-refractivity contribution in [3.05, 3.63) is 71.8 Å². The lowest BCUT2D eigenvalue weighted by atomic mass is 10.1. The number of hydrogen-bond acceptors (Lipinski definition) is 4. The van der Waals surface area contributed by atoms with Crippen molar-refractivity contribution in [1.29, 1.82) is 0 Å². The third kappa shape index (κ3) is 5.76. The van der Waals surface area contributed by atoms with Gasteiger partial charge in [-0.25, -0.2) is 8.42 Å². The monoisotopic (exact) mass is 440 g/mol. The molecule has 0 aliphatic heterocycles. The molecule has 3 aromatic rings. The van der Waals surface area contributed by atoms with Crippen molar-refractivity contribution in [2.45, 2.75) is 26.8 Å². The lowest BCUT2D eigenvalue weighted by Crippen LogP contribution is -2.48. The van der Waals surface area contributed by atoms with Gasteiger partial charge in [-0.15, -0.1) is 0 Å². The van der Waals surface area contributed by atoms with E-state index in [0.29, 0.717) is 11.4 Å². The highest BCUT2D eigenvalue weighted by Crippen LogP contribution is 2.24. The summed E-state index contributed by atoms with van der Waals surface area (Å²) < 4.78 is 31.8. The van der Waals surface area contributed by atoms with E-state index >= 15 is 0 Å². The maximum absolute atomic E-state index is 12.7. The summed E-state index contributed by atoms with van der Waals surface area (Å²) in [7, 11) is -3.65. The van der Waals surface area contributed by atoms with Crippen molar-refractivity contribution in [3.8, 4) is 5.75 Å². The lowest BCUT2D eigenvalue weighted by Gasteiger charge is -2.28. The number of anilines is 1. The second kappa shape index (κ2) is 9.39. The van der Waals surface area contributed by atoms with Gasteiger partial charge in [0.15, 0.2) is 0 Å². The van der Waals surface area contributed by atoms with Crippen LogP contribution in [-0.2, 0) is 14.8 Å². The number of sulfonamides is 1. The van der Waals surface area contributed by atoms with Gasteiger partial charge in [0.2, 0.25) is 15.9 Å². The molecule has 0 aromatic heterocycles. The zero-order chi connectivity index (χ0) is 22.6. The fraction of sp³-hybridized carbons (Fsp3) is 0.292. The molecule has 6 nitrogen and oxygen atoms in total. The average molecular weight is 441 g/mol. The number of hydrogen-bond donors (Lipinski definition) is 1. The molecule has 164 valence electrons. The van der Waals surface area contributed by atoms with Gasteiger partial charge in [-0.05, 0) is 66.9 Å². The van der Waals surface area contributed by atoms with Crippen LogP contribution in [0.1, 0.15) is 18.1 Å². The quantitative estimate of drug-likeness (QED) is 0.541. The number of ether oxygens (including phenoxy) is 1. The predicted molar refractivity (Wildman–Crippen MR) is 125 cm³/mol. The largest absolute Gasteiger partial charge is 0.492 e. The van der Waals surface area contributed by atoms with Crippen LogP contribution in [0.25, 0.3) is 10.8 Å². The van der Waals surface area contributed by atoms with Gasteiger partial charge in [-0.3, -0.25) is 9.10 Å². The fourth-order valence-electron chi connectivity index (χ4n) is 3.63. The number of rotatable bonds is 8. The second-order valence-corrected chi connectivity index (χ2v) is 9.59. The maximum atomic E-state index is 12.7. The van der Waals surface area contributed by atoms with E-state index in [1.807, 2.05) is 62.4 Å². The Morgan fingerprint density at radius 1 is 1.00 bits per heavy atom. The summed E-state index contributed by atoms with van der Waals surface area (Å²) >= 11 is 0. The Kier molecular flexibility index (Phi) is 6.85. The predicted octanol–water partition coefficient (Wildman–Crippen LogP) is 3.81. The first-order valence-electron chi connectivity index (χ1n) is 10.1. The first kappa shape index (κ1) is 22.6. The molecule has 0 bridgehead atoms. The van der Waals surface area contributed by atoms with Crippen LogP contribution in [0.15, 0.2) is 60.7 Å². The summed E-state index contributed by atoms with van der Waals surface area (Å²) in [6, 6.07) is 18.4. The van der Waals surface area contributed by atoms with Crippen LogP contribution >= 0.6 is 0 Å². The minimum Gasteiger partial charge on any atom is -0.492 e. The zero-order valence-corrected chi connectivity index (χ0v) is 19.1. The minimum atomic E-state index is -3.65. The fourth-order valence-corrected chi connectivity index (χ4v) is 4.79. The summed E-state index contributed by atoms with van der Waals surface area (Å²) in [5.74, 6) is 0.334. The van der Waals surface area contributed by atoms with Crippen molar-refractivity contribution >= 4 is 32.4 Å². The number of amides is 1.